The lowest BCUT2D eigenvalue weighted by Crippen LogP contribution is -2.51. The summed E-state index contributed by atoms with van der Waals surface area (Å²) in [5.74, 6) is -3.65. The van der Waals surface area contributed by atoms with Gasteiger partial charge in [-0.2, -0.15) is 0 Å². The number of hydrogen-bond acceptors (Lipinski definition) is 21. The Bertz CT molecular complexity index is 5240. The smallest absolute Gasteiger partial charge is 0.253 e. The molecule has 0 unspecified atom stereocenters. The van der Waals surface area contributed by atoms with Crippen LogP contribution in [0.3, 0.4) is 0 Å². The Morgan fingerprint density at radius 1 is 0.354 bits per heavy atom. The molecule has 10 aromatic rings. The average Bonchev–Trinajstić information content (AvgIpc) is 0.789. The van der Waals surface area contributed by atoms with Crippen LogP contribution >= 0.6 is 95.3 Å². The highest BCUT2D eigenvalue weighted by Gasteiger charge is 2.38. The van der Waals surface area contributed by atoms with E-state index in [0.29, 0.717) is 129 Å². The lowest BCUT2D eigenvalue weighted by molar-refractivity contribution is -0.0445. The molecule has 0 spiro atoms. The van der Waals surface area contributed by atoms with Gasteiger partial charge in [0.25, 0.3) is 11.8 Å². The fourth-order valence-corrected chi connectivity index (χ4v) is 18.6. The molecule has 13 N–H and O–H groups in total. The molecule has 0 radical (unpaired) electrons. The van der Waals surface area contributed by atoms with Gasteiger partial charge in [-0.25, -0.2) is 26.9 Å². The van der Waals surface area contributed by atoms with Crippen molar-refractivity contribution in [1.29, 1.82) is 0 Å². The number of aliphatic hydroxyl groups excluding tert-OH is 10. The van der Waals surface area contributed by atoms with Gasteiger partial charge in [0.15, 0.2) is 17.3 Å². The highest BCUT2D eigenvalue weighted by Crippen LogP contribution is 2.36. The zero-order valence-electron chi connectivity index (χ0n) is 70.6. The zero-order valence-corrected chi connectivity index (χ0v) is 79.4. The van der Waals surface area contributed by atoms with Crippen LogP contribution in [0.4, 0.5) is 33.3 Å². The topological polar surface area (TPSA) is 388 Å². The molecule has 33 heteroatoms. The lowest BCUT2D eigenvalue weighted by Gasteiger charge is -2.32. The summed E-state index contributed by atoms with van der Waals surface area (Å²) >= 11 is 15.3. The van der Waals surface area contributed by atoms with Crippen molar-refractivity contribution >= 4 is 136 Å². The molecule has 5 aromatic heterocycles. The molecule has 5 aliphatic rings. The fraction of sp³-hybridized carbons (Fsp3) is 0.381. The van der Waals surface area contributed by atoms with Gasteiger partial charge in [-0.15, -0.1) is 0 Å². The maximum Gasteiger partial charge on any atom is 0.253 e. The van der Waals surface area contributed by atoms with Crippen LogP contribution in [0.25, 0.3) is 0 Å². The van der Waals surface area contributed by atoms with Crippen LogP contribution in [0.2, 0.25) is 5.15 Å². The number of nitrogens with zero attached hydrogens (tertiary/aromatic N) is 5. The Kier molecular flexibility index (Phi) is 39.1. The first kappa shape index (κ1) is 102. The molecule has 15 atom stereocenters. The summed E-state index contributed by atoms with van der Waals surface area (Å²) in [7, 11) is 0. The standard InChI is InChI=1S/2C20H21FINO3.C20H22FNO3.C19H19ClFIN2O3.C18H19BrFN3O3/c2*21-17-10-15(22)5-4-12(17)8-14-11-23-7-6-16(14)19(25)9-13-2-1-3-18(24)20(13)26;21-17-6-2-1-4-13(17)10-15-12-22-9-8-16(15)19(24)11-14-5-3-7-18(23)20(14)25;20-17-8-13(19(27)24-15-2-1-3-16(25)18(15)26)11(9-23-17)6-10-4-5-12(22)7-14(10)21;19-10-4-5-13(12(20)8-10)22-15-9-21-7-6-11(15)18(26)23-14-2-1-3-16(24)17(14)25/h2*4-7,10-11,13,18,20,24,26H,1-3,8-9H2;1-2,4,6,8-9,12,14,18,20,23,25H,3,5,7,10-11H2;4-5,7-9,15-16,18,25-26H,1-3,6H2,(H,24,27);4-9,14,16-17,22,24-25H,1-3H2,(H,23,26)/t2*13-,18+,20-;14-,18+,20-;15-,16-,18+;14-,16-,17+/m00011/s1. The third-order valence-electron chi connectivity index (χ3n) is 24.1. The van der Waals surface area contributed by atoms with Gasteiger partial charge in [-0.1, -0.05) is 83.2 Å². The van der Waals surface area contributed by atoms with Crippen molar-refractivity contribution in [3.05, 3.63) is 305 Å². The Morgan fingerprint density at radius 3 is 1.08 bits per heavy atom. The van der Waals surface area contributed by atoms with Gasteiger partial charge in [0.05, 0.1) is 96.3 Å². The number of aliphatic hydroxyl groups is 10. The second-order valence-corrected chi connectivity index (χ2v) is 38.2. The van der Waals surface area contributed by atoms with E-state index in [1.165, 1.54) is 61.1 Å². The summed E-state index contributed by atoms with van der Waals surface area (Å²) in [6.07, 6.45) is 16.6. The number of carbonyl (C=O) groups excluding carboxylic acids is 5. The zero-order chi connectivity index (χ0) is 93.4. The summed E-state index contributed by atoms with van der Waals surface area (Å²) in [6, 6.07) is 32.8. The van der Waals surface area contributed by atoms with Gasteiger partial charge < -0.3 is 67.0 Å². The summed E-state index contributed by atoms with van der Waals surface area (Å²) in [5.41, 5.74) is 7.15. The minimum atomic E-state index is -1.02. The molecule has 5 aromatic carbocycles. The largest absolute Gasteiger partial charge is 0.390 e. The third kappa shape index (κ3) is 28.9. The number of amides is 2. The molecular formula is C97H102BrClF5I3N8O15. The molecule has 5 saturated carbocycles. The van der Waals surface area contributed by atoms with E-state index < -0.39 is 90.8 Å². The molecule has 2 amide bonds. The van der Waals surface area contributed by atoms with E-state index in [1.807, 2.05) is 34.7 Å². The van der Waals surface area contributed by atoms with E-state index in [-0.39, 0.29) is 125 Å². The number of Topliss-reactive ketones (excluding diaryl/α,β-unsaturated/α-hetero) is 3. The van der Waals surface area contributed by atoms with E-state index in [0.717, 1.165) is 49.2 Å². The normalized spacial score (nSPS) is 22.9. The number of benzene rings is 5. The first-order valence-corrected chi connectivity index (χ1v) is 47.3. The number of ketones is 3. The number of halogens is 10. The summed E-state index contributed by atoms with van der Waals surface area (Å²) in [4.78, 5) is 84.0. The minimum absolute atomic E-state index is 0.105. The van der Waals surface area contributed by atoms with E-state index in [9.17, 15) is 97.0 Å². The van der Waals surface area contributed by atoms with Crippen LogP contribution in [0.1, 0.15) is 212 Å². The van der Waals surface area contributed by atoms with Crippen LogP contribution in [0.5, 0.6) is 0 Å². The molecule has 23 nitrogen and oxygen atoms in total. The highest BCUT2D eigenvalue weighted by atomic mass is 127. The summed E-state index contributed by atoms with van der Waals surface area (Å²) in [5, 5.41) is 108. The van der Waals surface area contributed by atoms with Crippen molar-refractivity contribution < 1.29 is 97.0 Å². The highest BCUT2D eigenvalue weighted by molar-refractivity contribution is 14.1. The van der Waals surface area contributed by atoms with Gasteiger partial charge in [-0.3, -0.25) is 43.9 Å². The molecule has 0 saturated heterocycles. The maximum atomic E-state index is 14.2. The molecule has 0 aliphatic heterocycles. The number of carbonyl (C=O) groups is 5. The molecule has 130 heavy (non-hydrogen) atoms. The summed E-state index contributed by atoms with van der Waals surface area (Å²) in [6.45, 7) is 0. The van der Waals surface area contributed by atoms with Crippen LogP contribution < -0.4 is 16.0 Å². The molecule has 690 valence electrons. The first-order valence-electron chi connectivity index (χ1n) is 42.9. The second-order valence-electron chi connectivity index (χ2n) is 33.2. The van der Waals surface area contributed by atoms with Crippen molar-refractivity contribution in [2.45, 2.75) is 214 Å². The maximum absolute atomic E-state index is 14.2. The molecular weight excluding hydrogens is 2110 g/mol. The third-order valence-corrected chi connectivity index (χ3v) is 26.8. The van der Waals surface area contributed by atoms with Crippen LogP contribution in [-0.2, 0) is 25.7 Å². The predicted molar refractivity (Wildman–Crippen MR) is 508 cm³/mol. The molecule has 0 bridgehead atoms. The van der Waals surface area contributed by atoms with Crippen molar-refractivity contribution in [2.75, 3.05) is 5.32 Å². The van der Waals surface area contributed by atoms with Crippen molar-refractivity contribution in [1.82, 2.24) is 35.6 Å². The number of anilines is 2. The first-order chi connectivity index (χ1) is 62.3. The Morgan fingerprint density at radius 2 is 0.700 bits per heavy atom. The molecule has 5 aliphatic carbocycles. The number of rotatable bonds is 23. The molecule has 15 rings (SSSR count). The number of aromatic nitrogens is 5. The second kappa shape index (κ2) is 49.7. The van der Waals surface area contributed by atoms with Gasteiger partial charge in [0, 0.05) is 132 Å². The minimum Gasteiger partial charge on any atom is -0.390 e. The van der Waals surface area contributed by atoms with Gasteiger partial charge >= 0.3 is 0 Å². The number of pyridine rings is 5. The lowest BCUT2D eigenvalue weighted by atomic mass is 9.80. The van der Waals surface area contributed by atoms with Gasteiger partial charge in [0.2, 0.25) is 0 Å². The molecule has 5 heterocycles. The SMILES string of the molecule is O=C(C[C@@H]1CCC[C@@H](O)[C@H]1O)c1ccncc1Cc1ccc(I)cc1F.O=C(C[C@@H]1CCC[C@@H](O)[C@H]1O)c1ccncc1Cc1ccc(I)cc1F.O=C(C[C@@H]1CCC[C@@H](O)[C@H]1O)c1ccncc1Cc1ccccc1F.O=C(N[C@@H]1CCC[C@@H](O)[C@H]1O)c1cc(Cl)ncc1Cc1ccc(I)cc1F.O=C(N[C@@H]1CCC[C@@H](O)[C@H]1O)c1ccncc1Nc1ccc(Br)cc1F. The monoisotopic (exact) mass is 2210 g/mol. The van der Waals surface area contributed by atoms with Crippen LogP contribution in [0.15, 0.2) is 188 Å². The van der Waals surface area contributed by atoms with Gasteiger partial charge in [-0.05, 0) is 298 Å². The predicted octanol–water partition coefficient (Wildman–Crippen LogP) is 15.7. The van der Waals surface area contributed by atoms with E-state index in [4.69, 9.17) is 11.6 Å². The van der Waals surface area contributed by atoms with E-state index >= 15 is 0 Å². The van der Waals surface area contributed by atoms with Crippen LogP contribution in [0, 0.1) is 57.6 Å². The quantitative estimate of drug-likeness (QED) is 0.0122. The average molecular weight is 2210 g/mol. The van der Waals surface area contributed by atoms with Crippen molar-refractivity contribution in [3.63, 3.8) is 0 Å². The Balaban J connectivity index is 0.000000157. The molecule has 5 fully saturated rings. The van der Waals surface area contributed by atoms with E-state index in [1.54, 1.807) is 110 Å². The van der Waals surface area contributed by atoms with Gasteiger partial charge in [0.1, 0.15) is 34.2 Å². The van der Waals surface area contributed by atoms with E-state index in [2.05, 4.69) is 102 Å². The Hall–Kier alpha value is -8.19. The summed E-state index contributed by atoms with van der Waals surface area (Å²) < 4.78 is 73.5. The Labute approximate surface area is 804 Å². The fourth-order valence-electron chi connectivity index (χ4n) is 16.8. The number of nitrogens with one attached hydrogen (secondary N) is 3. The number of hydrogen-bond donors (Lipinski definition) is 13. The van der Waals surface area contributed by atoms with Crippen LogP contribution in [-0.4, -0.2) is 178 Å². The van der Waals surface area contributed by atoms with Crippen molar-refractivity contribution in [3.8, 4) is 0 Å². The van der Waals surface area contributed by atoms with Crippen molar-refractivity contribution in [2.24, 2.45) is 17.8 Å².